The van der Waals surface area contributed by atoms with Crippen LogP contribution < -0.4 is 0 Å². The van der Waals surface area contributed by atoms with Gasteiger partial charge in [-0.1, -0.05) is 91.0 Å². The molecule has 0 unspecified atom stereocenters. The molecular weight excluding hydrogens is 510 g/mol. The van der Waals surface area contributed by atoms with Gasteiger partial charge < -0.3 is 9.13 Å². The highest BCUT2D eigenvalue weighted by Crippen LogP contribution is 2.40. The maximum Gasteiger partial charge on any atom is 0.0963 e. The largest absolute Gasteiger partial charge is 0.309 e. The van der Waals surface area contributed by atoms with E-state index in [0.717, 1.165) is 33.3 Å². The van der Waals surface area contributed by atoms with E-state index in [1.807, 2.05) is 12.3 Å². The van der Waals surface area contributed by atoms with Crippen molar-refractivity contribution in [1.82, 2.24) is 14.1 Å². The van der Waals surface area contributed by atoms with E-state index in [1.54, 1.807) is 0 Å². The van der Waals surface area contributed by atoms with E-state index in [2.05, 4.69) is 149 Å². The molecule has 0 atom stereocenters. The van der Waals surface area contributed by atoms with Crippen LogP contribution in [0.3, 0.4) is 0 Å². The number of hydrogen-bond donors (Lipinski definition) is 0. The fourth-order valence-corrected chi connectivity index (χ4v) is 6.69. The maximum absolute atomic E-state index is 4.79. The zero-order valence-electron chi connectivity index (χ0n) is 22.8. The van der Waals surface area contributed by atoms with Crippen LogP contribution in [0.1, 0.15) is 0 Å². The molecule has 0 amide bonds. The fraction of sp³-hybridized carbons (Fsp3) is 0. The SMILES string of the molecule is c1ccc(-n2c3cc(-c4cccc5c6ccccc6n(-c6ccc7ccccc7c6)c45)ccc3c3ncccc32)cc1. The van der Waals surface area contributed by atoms with Gasteiger partial charge in [0.15, 0.2) is 0 Å². The van der Waals surface area contributed by atoms with E-state index >= 15 is 0 Å². The highest BCUT2D eigenvalue weighted by Gasteiger charge is 2.19. The monoisotopic (exact) mass is 535 g/mol. The Labute approximate surface area is 242 Å². The number of hydrogen-bond acceptors (Lipinski definition) is 1. The molecule has 9 aromatic rings. The molecule has 0 aliphatic rings. The molecule has 3 heterocycles. The molecule has 0 saturated heterocycles. The molecule has 0 bridgehead atoms. The summed E-state index contributed by atoms with van der Waals surface area (Å²) in [6.45, 7) is 0. The lowest BCUT2D eigenvalue weighted by molar-refractivity contribution is 1.17. The first-order valence-electron chi connectivity index (χ1n) is 14.3. The van der Waals surface area contributed by atoms with E-state index in [-0.39, 0.29) is 0 Å². The minimum Gasteiger partial charge on any atom is -0.309 e. The van der Waals surface area contributed by atoms with Crippen molar-refractivity contribution in [3.63, 3.8) is 0 Å². The van der Waals surface area contributed by atoms with Gasteiger partial charge in [-0.15, -0.1) is 0 Å². The number of fused-ring (bicyclic) bond motifs is 7. The maximum atomic E-state index is 4.79. The lowest BCUT2D eigenvalue weighted by Gasteiger charge is -2.13. The van der Waals surface area contributed by atoms with Crippen LogP contribution in [0.15, 0.2) is 152 Å². The summed E-state index contributed by atoms with van der Waals surface area (Å²) in [6, 6.07) is 52.4. The molecule has 42 heavy (non-hydrogen) atoms. The van der Waals surface area contributed by atoms with Crippen molar-refractivity contribution in [2.24, 2.45) is 0 Å². The summed E-state index contributed by atoms with van der Waals surface area (Å²) in [5, 5.41) is 6.14. The van der Waals surface area contributed by atoms with Crippen molar-refractivity contribution in [2.75, 3.05) is 0 Å². The summed E-state index contributed by atoms with van der Waals surface area (Å²) in [5.74, 6) is 0. The van der Waals surface area contributed by atoms with Gasteiger partial charge in [0, 0.05) is 39.3 Å². The first kappa shape index (κ1) is 23.1. The number of para-hydroxylation sites is 3. The molecule has 3 nitrogen and oxygen atoms in total. The van der Waals surface area contributed by atoms with E-state index < -0.39 is 0 Å². The van der Waals surface area contributed by atoms with Crippen LogP contribution >= 0.6 is 0 Å². The minimum atomic E-state index is 1.02. The third kappa shape index (κ3) is 3.31. The molecule has 0 radical (unpaired) electrons. The van der Waals surface area contributed by atoms with Gasteiger partial charge in [-0.3, -0.25) is 4.98 Å². The standard InChI is InChI=1S/C39H25N3/c1-2-12-29(13-3-1)41-36-18-9-23-40-38(36)34-22-20-28(25-37(34)41)31-15-8-16-33-32-14-6-7-17-35(32)42(39(31)33)30-21-19-26-10-4-5-11-27(26)24-30/h1-25H. The van der Waals surface area contributed by atoms with Crippen LogP contribution in [0, 0.1) is 0 Å². The van der Waals surface area contributed by atoms with Crippen molar-refractivity contribution in [2.45, 2.75) is 0 Å². The molecule has 0 aliphatic carbocycles. The summed E-state index contributed by atoms with van der Waals surface area (Å²) in [4.78, 5) is 4.79. The Morgan fingerprint density at radius 1 is 0.429 bits per heavy atom. The summed E-state index contributed by atoms with van der Waals surface area (Å²) in [6.07, 6.45) is 1.88. The summed E-state index contributed by atoms with van der Waals surface area (Å²) >= 11 is 0. The van der Waals surface area contributed by atoms with E-state index in [4.69, 9.17) is 4.98 Å². The molecule has 0 aliphatic heterocycles. The van der Waals surface area contributed by atoms with Gasteiger partial charge in [-0.2, -0.15) is 0 Å². The van der Waals surface area contributed by atoms with Crippen LogP contribution in [-0.2, 0) is 0 Å². The van der Waals surface area contributed by atoms with E-state index in [9.17, 15) is 0 Å². The Bertz CT molecular complexity index is 2460. The van der Waals surface area contributed by atoms with Gasteiger partial charge in [-0.25, -0.2) is 0 Å². The predicted octanol–water partition coefficient (Wildman–Crippen LogP) is 10.1. The average Bonchev–Trinajstić information content (AvgIpc) is 3.58. The predicted molar refractivity (Wildman–Crippen MR) is 176 cm³/mol. The van der Waals surface area contributed by atoms with Crippen LogP contribution in [0.5, 0.6) is 0 Å². The molecular formula is C39H25N3. The zero-order chi connectivity index (χ0) is 27.6. The minimum absolute atomic E-state index is 1.02. The second-order valence-corrected chi connectivity index (χ2v) is 10.9. The van der Waals surface area contributed by atoms with E-state index in [1.165, 1.54) is 43.7 Å². The van der Waals surface area contributed by atoms with Crippen molar-refractivity contribution in [3.8, 4) is 22.5 Å². The van der Waals surface area contributed by atoms with E-state index in [0.29, 0.717) is 0 Å². The lowest BCUT2D eigenvalue weighted by atomic mass is 10.0. The van der Waals surface area contributed by atoms with Gasteiger partial charge in [0.25, 0.3) is 0 Å². The van der Waals surface area contributed by atoms with Crippen LogP contribution in [0.2, 0.25) is 0 Å². The molecule has 0 N–H and O–H groups in total. The highest BCUT2D eigenvalue weighted by atomic mass is 15.0. The first-order valence-corrected chi connectivity index (χ1v) is 14.3. The fourth-order valence-electron chi connectivity index (χ4n) is 6.69. The van der Waals surface area contributed by atoms with Crippen molar-refractivity contribution in [3.05, 3.63) is 152 Å². The summed E-state index contributed by atoms with van der Waals surface area (Å²) in [5.41, 5.74) is 10.4. The Balaban J connectivity index is 1.37. The summed E-state index contributed by atoms with van der Waals surface area (Å²) in [7, 11) is 0. The van der Waals surface area contributed by atoms with Crippen LogP contribution in [0.25, 0.3) is 77.0 Å². The smallest absolute Gasteiger partial charge is 0.0963 e. The molecule has 0 spiro atoms. The molecule has 9 rings (SSSR count). The Morgan fingerprint density at radius 2 is 1.21 bits per heavy atom. The van der Waals surface area contributed by atoms with Gasteiger partial charge >= 0.3 is 0 Å². The van der Waals surface area contributed by atoms with Crippen molar-refractivity contribution < 1.29 is 0 Å². The van der Waals surface area contributed by atoms with Crippen LogP contribution in [-0.4, -0.2) is 14.1 Å². The van der Waals surface area contributed by atoms with Crippen molar-refractivity contribution >= 4 is 54.5 Å². The van der Waals surface area contributed by atoms with Crippen LogP contribution in [0.4, 0.5) is 0 Å². The normalized spacial score (nSPS) is 11.8. The van der Waals surface area contributed by atoms with Gasteiger partial charge in [0.05, 0.1) is 27.6 Å². The second-order valence-electron chi connectivity index (χ2n) is 10.9. The highest BCUT2D eigenvalue weighted by molar-refractivity contribution is 6.15. The number of pyridine rings is 1. The van der Waals surface area contributed by atoms with Gasteiger partial charge in [0.1, 0.15) is 0 Å². The molecule has 196 valence electrons. The first-order chi connectivity index (χ1) is 20.8. The molecule has 0 saturated carbocycles. The molecule has 0 fully saturated rings. The Hall–Kier alpha value is -5.67. The zero-order valence-corrected chi connectivity index (χ0v) is 22.8. The number of aromatic nitrogens is 3. The third-order valence-electron chi connectivity index (χ3n) is 8.53. The molecule has 3 aromatic heterocycles. The van der Waals surface area contributed by atoms with Crippen molar-refractivity contribution in [1.29, 1.82) is 0 Å². The lowest BCUT2D eigenvalue weighted by Crippen LogP contribution is -1.96. The van der Waals surface area contributed by atoms with Gasteiger partial charge in [0.2, 0.25) is 0 Å². The topological polar surface area (TPSA) is 22.8 Å². The third-order valence-corrected chi connectivity index (χ3v) is 8.53. The quantitative estimate of drug-likeness (QED) is 0.221. The Kier molecular flexibility index (Phi) is 4.90. The van der Waals surface area contributed by atoms with Gasteiger partial charge in [-0.05, 0) is 70.9 Å². The molecule has 3 heteroatoms. The Morgan fingerprint density at radius 3 is 2.14 bits per heavy atom. The number of rotatable bonds is 3. The number of nitrogens with zero attached hydrogens (tertiary/aromatic N) is 3. The molecule has 6 aromatic carbocycles. The second kappa shape index (κ2) is 8.92. The number of benzene rings is 6. The summed E-state index contributed by atoms with van der Waals surface area (Å²) < 4.78 is 4.77. The average molecular weight is 536 g/mol.